The lowest BCUT2D eigenvalue weighted by Gasteiger charge is -2.04. The van der Waals surface area contributed by atoms with Gasteiger partial charge in [0.05, 0.1) is 0 Å². The Labute approximate surface area is 429 Å². The molecule has 0 aromatic heterocycles. The van der Waals surface area contributed by atoms with Gasteiger partial charge in [-0.25, -0.2) is 0 Å². The highest BCUT2D eigenvalue weighted by Crippen LogP contribution is 2.26. The van der Waals surface area contributed by atoms with Crippen LogP contribution in [0, 0.1) is 0 Å². The zero-order valence-electron chi connectivity index (χ0n) is 46.2. The Bertz CT molecular complexity index is 2390. The quantitative estimate of drug-likeness (QED) is 0.155. The summed E-state index contributed by atoms with van der Waals surface area (Å²) in [5.74, 6) is 0. The van der Waals surface area contributed by atoms with Gasteiger partial charge in [0.15, 0.2) is 0 Å². The van der Waals surface area contributed by atoms with Gasteiger partial charge in [0.2, 0.25) is 0 Å². The molecule has 0 unspecified atom stereocenters. The summed E-state index contributed by atoms with van der Waals surface area (Å²) >= 11 is 0. The number of hydrogen-bond donors (Lipinski definition) is 0. The molecular weight excluding hydrogens is 841 g/mol. The first-order chi connectivity index (χ1) is 34.8. The predicted molar refractivity (Wildman–Crippen MR) is 325 cm³/mol. The van der Waals surface area contributed by atoms with Crippen LogP contribution in [0.3, 0.4) is 0 Å². The zero-order chi connectivity index (χ0) is 52.6. The molecule has 0 aliphatic rings. The largest absolute Gasteiger partial charge is 0.0683 e. The Kier molecular flexibility index (Phi) is 42.5. The number of hydrogen-bond acceptors (Lipinski definition) is 0. The van der Waals surface area contributed by atoms with Gasteiger partial charge < -0.3 is 0 Å². The summed E-state index contributed by atoms with van der Waals surface area (Å²) in [6, 6.07) is 88.5. The van der Waals surface area contributed by atoms with Crippen LogP contribution in [-0.2, 0) is 0 Å². The highest BCUT2D eigenvalue weighted by atomic mass is 14.0. The molecule has 0 heterocycles. The van der Waals surface area contributed by atoms with Crippen molar-refractivity contribution in [1.29, 1.82) is 0 Å². The second kappa shape index (κ2) is 45.7. The van der Waals surface area contributed by atoms with E-state index in [9.17, 15) is 0 Å². The van der Waals surface area contributed by atoms with E-state index in [0.29, 0.717) is 0 Å². The van der Waals surface area contributed by atoms with E-state index in [1.807, 2.05) is 135 Å². The van der Waals surface area contributed by atoms with Gasteiger partial charge >= 0.3 is 0 Å². The van der Waals surface area contributed by atoms with Crippen molar-refractivity contribution in [1.82, 2.24) is 0 Å². The van der Waals surface area contributed by atoms with Gasteiger partial charge in [-0.1, -0.05) is 366 Å². The van der Waals surface area contributed by atoms with Gasteiger partial charge in [0.1, 0.15) is 0 Å². The van der Waals surface area contributed by atoms with Crippen molar-refractivity contribution in [2.75, 3.05) is 0 Å². The van der Waals surface area contributed by atoms with E-state index in [2.05, 4.69) is 231 Å². The molecule has 370 valence electrons. The SMILES string of the molecule is CC.CC.CC.CC.CC.CC.CC.CC.c1ccc(-c2ccc(-c3ccccc3)cc2)cc1.c1ccc(-c2ccccc2)cc1.c1ccc2c(c1)ccc1ccccc12.c1ccc2ccccc2c1. The smallest absolute Gasteiger partial charge is 0.0105 e. The Morgan fingerprint density at radius 3 is 0.500 bits per heavy atom. The van der Waals surface area contributed by atoms with Crippen molar-refractivity contribution in [3.63, 3.8) is 0 Å². The number of rotatable bonds is 3. The van der Waals surface area contributed by atoms with Gasteiger partial charge in [-0.3, -0.25) is 0 Å². The molecule has 0 spiro atoms. The summed E-state index contributed by atoms with van der Waals surface area (Å²) in [4.78, 5) is 0. The fraction of sp³-hybridized carbons (Fsp3) is 0.229. The van der Waals surface area contributed by atoms with E-state index in [-0.39, 0.29) is 0 Å². The minimum Gasteiger partial charge on any atom is -0.0683 e. The molecule has 10 aromatic carbocycles. The van der Waals surface area contributed by atoms with Gasteiger partial charge in [-0.05, 0) is 65.7 Å². The fourth-order valence-corrected chi connectivity index (χ4v) is 6.47. The molecule has 0 heteroatoms. The van der Waals surface area contributed by atoms with Crippen LogP contribution in [0.5, 0.6) is 0 Å². The maximum atomic E-state index is 2.18. The standard InChI is InChI=1S/C18H14.C14H10.C12H10.C10H8.8C2H6/c1-3-7-15(8-4-1)17-11-13-18(14-12-17)16-9-5-2-6-10-16;1-3-7-13-11(5-1)9-10-12-6-2-4-8-14(12)13;1-3-7-11(8-4-1)12-9-5-2-6-10-12;1-2-6-10-8-4-3-7-9(10)5-1;8*1-2/h1-14H;1-10H;1-10H;1-8H;8*1-2H3. The van der Waals surface area contributed by atoms with E-state index in [0.717, 1.165) is 0 Å². The second-order valence-electron chi connectivity index (χ2n) is 12.9. The molecule has 0 nitrogen and oxygen atoms in total. The molecule has 0 fully saturated rings. The average Bonchev–Trinajstić information content (AvgIpc) is 3.50. The molecule has 70 heavy (non-hydrogen) atoms. The van der Waals surface area contributed by atoms with Crippen LogP contribution in [0.2, 0.25) is 0 Å². The third kappa shape index (κ3) is 23.8. The predicted octanol–water partition coefficient (Wildman–Crippen LogP) is 23.4. The van der Waals surface area contributed by atoms with Crippen molar-refractivity contribution in [2.24, 2.45) is 0 Å². The molecule has 0 saturated carbocycles. The summed E-state index contributed by atoms with van der Waals surface area (Å²) < 4.78 is 0. The summed E-state index contributed by atoms with van der Waals surface area (Å²) in [6.07, 6.45) is 0. The Hall–Kier alpha value is -7.02. The Balaban J connectivity index is 0. The molecule has 0 saturated heterocycles. The van der Waals surface area contributed by atoms with Gasteiger partial charge in [-0.15, -0.1) is 0 Å². The summed E-state index contributed by atoms with van der Waals surface area (Å²) in [6.45, 7) is 32.0. The molecule has 0 aliphatic carbocycles. The van der Waals surface area contributed by atoms with E-state index >= 15 is 0 Å². The maximum absolute atomic E-state index is 2.18. The Morgan fingerprint density at radius 1 is 0.129 bits per heavy atom. The van der Waals surface area contributed by atoms with E-state index in [4.69, 9.17) is 0 Å². The summed E-state index contributed by atoms with van der Waals surface area (Å²) in [7, 11) is 0. The minimum atomic E-state index is 1.26. The second-order valence-corrected chi connectivity index (χ2v) is 12.9. The topological polar surface area (TPSA) is 0 Å². The van der Waals surface area contributed by atoms with E-state index in [1.54, 1.807) is 0 Å². The van der Waals surface area contributed by atoms with Crippen molar-refractivity contribution in [3.8, 4) is 33.4 Å². The number of benzene rings is 10. The molecule has 10 aromatic rings. The van der Waals surface area contributed by atoms with Crippen LogP contribution in [0.15, 0.2) is 255 Å². The van der Waals surface area contributed by atoms with Crippen molar-refractivity contribution in [2.45, 2.75) is 111 Å². The van der Waals surface area contributed by atoms with Crippen LogP contribution < -0.4 is 0 Å². The molecule has 0 bridgehead atoms. The molecule has 0 aliphatic heterocycles. The molecule has 0 atom stereocenters. The first kappa shape index (κ1) is 65.1. The minimum absolute atomic E-state index is 1.26. The molecule has 0 N–H and O–H groups in total. The van der Waals surface area contributed by atoms with Crippen molar-refractivity contribution in [3.05, 3.63) is 255 Å². The molecule has 10 rings (SSSR count). The lowest BCUT2D eigenvalue weighted by atomic mass is 10.0. The fourth-order valence-electron chi connectivity index (χ4n) is 6.47. The molecular formula is C70H90. The lowest BCUT2D eigenvalue weighted by molar-refractivity contribution is 1.50. The first-order valence-corrected chi connectivity index (χ1v) is 26.4. The maximum Gasteiger partial charge on any atom is -0.0105 e. The first-order valence-electron chi connectivity index (χ1n) is 26.4. The van der Waals surface area contributed by atoms with Crippen LogP contribution in [0.25, 0.3) is 65.7 Å². The van der Waals surface area contributed by atoms with Gasteiger partial charge in [0.25, 0.3) is 0 Å². The van der Waals surface area contributed by atoms with Crippen LogP contribution in [-0.4, -0.2) is 0 Å². The molecule has 0 amide bonds. The van der Waals surface area contributed by atoms with Crippen LogP contribution in [0.4, 0.5) is 0 Å². The Morgan fingerprint density at radius 2 is 0.286 bits per heavy atom. The molecule has 0 radical (unpaired) electrons. The highest BCUT2D eigenvalue weighted by molar-refractivity contribution is 6.07. The zero-order valence-corrected chi connectivity index (χ0v) is 46.2. The van der Waals surface area contributed by atoms with Gasteiger partial charge in [0, 0.05) is 0 Å². The number of fused-ring (bicyclic) bond motifs is 4. The van der Waals surface area contributed by atoms with Gasteiger partial charge in [-0.2, -0.15) is 0 Å². The van der Waals surface area contributed by atoms with E-state index in [1.165, 1.54) is 65.7 Å². The third-order valence-electron chi connectivity index (χ3n) is 9.29. The monoisotopic (exact) mass is 931 g/mol. The van der Waals surface area contributed by atoms with Crippen LogP contribution in [0.1, 0.15) is 111 Å². The third-order valence-corrected chi connectivity index (χ3v) is 9.29. The lowest BCUT2D eigenvalue weighted by Crippen LogP contribution is -1.79. The highest BCUT2D eigenvalue weighted by Gasteiger charge is 2.00. The van der Waals surface area contributed by atoms with Crippen molar-refractivity contribution >= 4 is 32.3 Å². The van der Waals surface area contributed by atoms with E-state index < -0.39 is 0 Å². The normalized spacial score (nSPS) is 8.57. The van der Waals surface area contributed by atoms with Crippen LogP contribution >= 0.6 is 0 Å². The summed E-state index contributed by atoms with van der Waals surface area (Å²) in [5, 5.41) is 7.92. The summed E-state index contributed by atoms with van der Waals surface area (Å²) in [5.41, 5.74) is 7.59. The average molecular weight is 931 g/mol. The van der Waals surface area contributed by atoms with Crippen molar-refractivity contribution < 1.29 is 0 Å².